The van der Waals surface area contributed by atoms with E-state index in [0.717, 1.165) is 38.5 Å². The monoisotopic (exact) mass is 295 g/mol. The molecule has 0 radical (unpaired) electrons. The molecule has 21 heavy (non-hydrogen) atoms. The maximum atomic E-state index is 13.9. The summed E-state index contributed by atoms with van der Waals surface area (Å²) in [6.45, 7) is 7.44. The van der Waals surface area contributed by atoms with E-state index in [1.165, 1.54) is 12.1 Å². The first-order chi connectivity index (χ1) is 10.0. The van der Waals surface area contributed by atoms with Gasteiger partial charge in [0.2, 0.25) is 0 Å². The van der Waals surface area contributed by atoms with Crippen LogP contribution in [0.4, 0.5) is 15.8 Å². The van der Waals surface area contributed by atoms with Crippen LogP contribution in [0.2, 0.25) is 0 Å². The van der Waals surface area contributed by atoms with Crippen molar-refractivity contribution in [2.24, 2.45) is 5.92 Å². The van der Waals surface area contributed by atoms with Gasteiger partial charge in [-0.3, -0.25) is 10.1 Å². The van der Waals surface area contributed by atoms with Gasteiger partial charge in [0.05, 0.1) is 16.7 Å². The Labute approximate surface area is 124 Å². The van der Waals surface area contributed by atoms with Crippen molar-refractivity contribution in [1.82, 2.24) is 4.90 Å². The van der Waals surface area contributed by atoms with Crippen LogP contribution in [-0.4, -0.2) is 35.5 Å². The highest BCUT2D eigenvalue weighted by atomic mass is 19.1. The third kappa shape index (κ3) is 3.91. The second-order valence-corrected chi connectivity index (χ2v) is 5.63. The highest BCUT2D eigenvalue weighted by Crippen LogP contribution is 2.26. The Morgan fingerprint density at radius 1 is 1.48 bits per heavy atom. The van der Waals surface area contributed by atoms with Crippen LogP contribution < -0.4 is 5.32 Å². The molecule has 1 saturated heterocycles. The molecule has 1 aromatic carbocycles. The van der Waals surface area contributed by atoms with Crippen LogP contribution in [0.1, 0.15) is 26.7 Å². The molecule has 1 atom stereocenters. The van der Waals surface area contributed by atoms with Crippen molar-refractivity contribution in [2.45, 2.75) is 32.7 Å². The van der Waals surface area contributed by atoms with E-state index in [1.54, 1.807) is 0 Å². The number of halogens is 1. The molecule has 0 bridgehead atoms. The number of hydrogen-bond acceptors (Lipinski definition) is 4. The molecule has 1 aliphatic heterocycles. The Balaban J connectivity index is 1.96. The third-order valence-electron chi connectivity index (χ3n) is 4.33. The zero-order valence-electron chi connectivity index (χ0n) is 12.5. The standard InChI is InChI=1S/C15H22FN3O2/c1-3-18-8-6-12(7-9-18)11(2)17-15-5-4-13(19(20)21)10-14(15)16/h4-5,10-12,17H,3,6-9H2,1-2H3. The molecule has 1 heterocycles. The normalized spacial score (nSPS) is 18.4. The van der Waals surface area contributed by atoms with Gasteiger partial charge in [0.1, 0.15) is 0 Å². The summed E-state index contributed by atoms with van der Waals surface area (Å²) < 4.78 is 13.9. The van der Waals surface area contributed by atoms with E-state index in [1.807, 2.05) is 6.92 Å². The fraction of sp³-hybridized carbons (Fsp3) is 0.600. The second-order valence-electron chi connectivity index (χ2n) is 5.63. The minimum Gasteiger partial charge on any atom is -0.380 e. The van der Waals surface area contributed by atoms with Gasteiger partial charge in [-0.2, -0.15) is 0 Å². The molecule has 1 aromatic rings. The fourth-order valence-corrected chi connectivity index (χ4v) is 2.87. The molecule has 0 saturated carbocycles. The molecule has 6 heteroatoms. The summed E-state index contributed by atoms with van der Waals surface area (Å²) in [5, 5.41) is 13.8. The number of non-ortho nitro benzene ring substituents is 1. The Bertz CT molecular complexity index is 502. The van der Waals surface area contributed by atoms with E-state index in [0.29, 0.717) is 11.6 Å². The summed E-state index contributed by atoms with van der Waals surface area (Å²) >= 11 is 0. The van der Waals surface area contributed by atoms with Gasteiger partial charge in [-0.05, 0) is 51.4 Å². The molecule has 5 nitrogen and oxygen atoms in total. The molecule has 2 rings (SSSR count). The van der Waals surface area contributed by atoms with Crippen molar-refractivity contribution in [1.29, 1.82) is 0 Å². The first-order valence-electron chi connectivity index (χ1n) is 7.44. The van der Waals surface area contributed by atoms with Crippen LogP contribution in [0.15, 0.2) is 18.2 Å². The lowest BCUT2D eigenvalue weighted by atomic mass is 9.90. The molecule has 0 aromatic heterocycles. The van der Waals surface area contributed by atoms with Gasteiger partial charge in [0.25, 0.3) is 5.69 Å². The van der Waals surface area contributed by atoms with Gasteiger partial charge >= 0.3 is 0 Å². The molecule has 1 N–H and O–H groups in total. The summed E-state index contributed by atoms with van der Waals surface area (Å²) in [7, 11) is 0. The number of anilines is 1. The average molecular weight is 295 g/mol. The maximum Gasteiger partial charge on any atom is 0.272 e. The number of nitrogens with one attached hydrogen (secondary N) is 1. The number of likely N-dealkylation sites (tertiary alicyclic amines) is 1. The predicted octanol–water partition coefficient (Wildman–Crippen LogP) is 3.27. The van der Waals surface area contributed by atoms with E-state index < -0.39 is 10.7 Å². The van der Waals surface area contributed by atoms with Crippen molar-refractivity contribution < 1.29 is 9.31 Å². The summed E-state index contributed by atoms with van der Waals surface area (Å²) in [5.74, 6) is -0.0653. The molecule has 0 amide bonds. The smallest absolute Gasteiger partial charge is 0.272 e. The number of nitro benzene ring substituents is 1. The molecule has 0 spiro atoms. The highest BCUT2D eigenvalue weighted by Gasteiger charge is 2.24. The number of piperidine rings is 1. The van der Waals surface area contributed by atoms with Crippen LogP contribution in [0.25, 0.3) is 0 Å². The summed E-state index contributed by atoms with van der Waals surface area (Å²) in [5.41, 5.74) is 0.118. The van der Waals surface area contributed by atoms with Crippen molar-refractivity contribution in [3.8, 4) is 0 Å². The molecule has 116 valence electrons. The van der Waals surface area contributed by atoms with Crippen molar-refractivity contribution >= 4 is 11.4 Å². The van der Waals surface area contributed by atoms with Crippen LogP contribution in [0.3, 0.4) is 0 Å². The lowest BCUT2D eigenvalue weighted by Crippen LogP contribution is -2.39. The average Bonchev–Trinajstić information content (AvgIpc) is 2.49. The lowest BCUT2D eigenvalue weighted by molar-refractivity contribution is -0.385. The zero-order chi connectivity index (χ0) is 15.4. The minimum absolute atomic E-state index is 0.153. The van der Waals surface area contributed by atoms with Gasteiger partial charge in [0.15, 0.2) is 5.82 Å². The molecular weight excluding hydrogens is 273 g/mol. The Hall–Kier alpha value is -1.69. The van der Waals surface area contributed by atoms with Crippen LogP contribution in [0, 0.1) is 21.8 Å². The molecule has 1 fully saturated rings. The van der Waals surface area contributed by atoms with Gasteiger partial charge in [-0.1, -0.05) is 6.92 Å². The van der Waals surface area contributed by atoms with Crippen LogP contribution in [0.5, 0.6) is 0 Å². The third-order valence-corrected chi connectivity index (χ3v) is 4.33. The lowest BCUT2D eigenvalue weighted by Gasteiger charge is -2.34. The molecule has 0 aliphatic carbocycles. The topological polar surface area (TPSA) is 58.4 Å². The fourth-order valence-electron chi connectivity index (χ4n) is 2.87. The number of nitro groups is 1. The SMILES string of the molecule is CCN1CCC(C(C)Nc2ccc([N+](=O)[O-])cc2F)CC1. The number of rotatable bonds is 5. The molecule has 1 unspecified atom stereocenters. The first-order valence-corrected chi connectivity index (χ1v) is 7.44. The van der Waals surface area contributed by atoms with Gasteiger partial charge in [-0.15, -0.1) is 0 Å². The Morgan fingerprint density at radius 3 is 2.67 bits per heavy atom. The number of nitrogens with zero attached hydrogens (tertiary/aromatic N) is 2. The van der Waals surface area contributed by atoms with E-state index in [4.69, 9.17) is 0 Å². The first kappa shape index (κ1) is 15.7. The Morgan fingerprint density at radius 2 is 2.14 bits per heavy atom. The van der Waals surface area contributed by atoms with E-state index >= 15 is 0 Å². The van der Waals surface area contributed by atoms with Crippen LogP contribution in [-0.2, 0) is 0 Å². The zero-order valence-corrected chi connectivity index (χ0v) is 12.5. The van der Waals surface area contributed by atoms with Gasteiger partial charge in [-0.25, -0.2) is 4.39 Å². The maximum absolute atomic E-state index is 13.9. The molecule has 1 aliphatic rings. The second kappa shape index (κ2) is 6.85. The Kier molecular flexibility index (Phi) is 5.12. The van der Waals surface area contributed by atoms with E-state index in [9.17, 15) is 14.5 Å². The number of hydrogen-bond donors (Lipinski definition) is 1. The van der Waals surface area contributed by atoms with Gasteiger partial charge in [0, 0.05) is 12.1 Å². The summed E-state index contributed by atoms with van der Waals surface area (Å²) in [6.07, 6.45) is 2.19. The van der Waals surface area contributed by atoms with Crippen LogP contribution >= 0.6 is 0 Å². The summed E-state index contributed by atoms with van der Waals surface area (Å²) in [6, 6.07) is 3.90. The van der Waals surface area contributed by atoms with E-state index in [-0.39, 0.29) is 11.7 Å². The quantitative estimate of drug-likeness (QED) is 0.669. The summed E-state index contributed by atoms with van der Waals surface area (Å²) in [4.78, 5) is 12.4. The largest absolute Gasteiger partial charge is 0.380 e. The number of benzene rings is 1. The van der Waals surface area contributed by atoms with Crippen molar-refractivity contribution in [2.75, 3.05) is 25.0 Å². The minimum atomic E-state index is -0.587. The van der Waals surface area contributed by atoms with Crippen molar-refractivity contribution in [3.05, 3.63) is 34.1 Å². The highest BCUT2D eigenvalue weighted by molar-refractivity contribution is 5.50. The molecular formula is C15H22FN3O2. The van der Waals surface area contributed by atoms with Gasteiger partial charge < -0.3 is 10.2 Å². The van der Waals surface area contributed by atoms with Crippen molar-refractivity contribution in [3.63, 3.8) is 0 Å². The van der Waals surface area contributed by atoms with E-state index in [2.05, 4.69) is 17.1 Å². The predicted molar refractivity (Wildman–Crippen MR) is 81.0 cm³/mol.